The third-order valence-electron chi connectivity index (χ3n) is 4.51. The second kappa shape index (κ2) is 7.20. The van der Waals surface area contributed by atoms with Crippen molar-refractivity contribution in [2.75, 3.05) is 26.2 Å². The second-order valence-corrected chi connectivity index (χ2v) is 6.33. The van der Waals surface area contributed by atoms with E-state index < -0.39 is 0 Å². The summed E-state index contributed by atoms with van der Waals surface area (Å²) >= 11 is 0. The fourth-order valence-corrected chi connectivity index (χ4v) is 3.13. The van der Waals surface area contributed by atoms with Crippen LogP contribution in [0.3, 0.4) is 0 Å². The van der Waals surface area contributed by atoms with Gasteiger partial charge in [-0.15, -0.1) is 0 Å². The number of carbonyl (C=O) groups is 1. The van der Waals surface area contributed by atoms with Gasteiger partial charge in [-0.3, -0.25) is 9.69 Å². The summed E-state index contributed by atoms with van der Waals surface area (Å²) in [6, 6.07) is 3.52. The summed E-state index contributed by atoms with van der Waals surface area (Å²) in [5.41, 5.74) is 1.11. The summed E-state index contributed by atoms with van der Waals surface area (Å²) in [5, 5.41) is 8.34. The van der Waals surface area contributed by atoms with Gasteiger partial charge >= 0.3 is 0 Å². The van der Waals surface area contributed by atoms with Crippen molar-refractivity contribution < 1.29 is 9.32 Å². The van der Waals surface area contributed by atoms with Gasteiger partial charge in [0.1, 0.15) is 0 Å². The Balaban J connectivity index is 1.40. The van der Waals surface area contributed by atoms with Crippen molar-refractivity contribution in [1.29, 1.82) is 0 Å². The van der Waals surface area contributed by atoms with Crippen molar-refractivity contribution in [3.05, 3.63) is 41.9 Å². The van der Waals surface area contributed by atoms with Gasteiger partial charge in [-0.2, -0.15) is 10.1 Å². The van der Waals surface area contributed by atoms with E-state index in [1.807, 2.05) is 11.8 Å². The van der Waals surface area contributed by atoms with Crippen molar-refractivity contribution in [2.45, 2.75) is 26.3 Å². The zero-order chi connectivity index (χ0) is 17.9. The zero-order valence-corrected chi connectivity index (χ0v) is 14.7. The van der Waals surface area contributed by atoms with Crippen LogP contribution >= 0.6 is 0 Å². The molecule has 136 valence electrons. The molecular weight excluding hydrogens is 334 g/mol. The second-order valence-electron chi connectivity index (χ2n) is 6.33. The number of carbonyl (C=O) groups excluding carboxylic acids is 1. The normalized spacial score (nSPS) is 16.1. The Morgan fingerprint density at radius 3 is 3.00 bits per heavy atom. The largest absolute Gasteiger partial charge is 0.339 e. The van der Waals surface area contributed by atoms with Gasteiger partial charge in [0.15, 0.2) is 17.2 Å². The molecule has 1 aliphatic rings. The minimum Gasteiger partial charge on any atom is -0.339 e. The molecule has 0 N–H and O–H groups in total. The van der Waals surface area contributed by atoms with Crippen LogP contribution < -0.4 is 0 Å². The highest BCUT2D eigenvalue weighted by atomic mass is 16.5. The van der Waals surface area contributed by atoms with Crippen LogP contribution in [0.25, 0.3) is 5.65 Å². The zero-order valence-electron chi connectivity index (χ0n) is 14.7. The molecule has 0 radical (unpaired) electrons. The van der Waals surface area contributed by atoms with Crippen LogP contribution in [-0.4, -0.2) is 66.6 Å². The smallest absolute Gasteiger partial charge is 0.274 e. The van der Waals surface area contributed by atoms with Crippen LogP contribution in [0.4, 0.5) is 0 Å². The molecule has 3 aromatic heterocycles. The molecular formula is C17H21N7O2. The highest BCUT2D eigenvalue weighted by molar-refractivity contribution is 5.93. The lowest BCUT2D eigenvalue weighted by molar-refractivity contribution is 0.0754. The molecule has 1 aliphatic heterocycles. The van der Waals surface area contributed by atoms with Gasteiger partial charge in [0.05, 0.1) is 6.54 Å². The van der Waals surface area contributed by atoms with Crippen LogP contribution in [-0.2, 0) is 13.0 Å². The average molecular weight is 355 g/mol. The first-order valence-corrected chi connectivity index (χ1v) is 8.86. The molecule has 1 fully saturated rings. The molecule has 0 spiro atoms. The van der Waals surface area contributed by atoms with E-state index in [0.717, 1.165) is 25.9 Å². The summed E-state index contributed by atoms with van der Waals surface area (Å²) < 4.78 is 6.79. The van der Waals surface area contributed by atoms with Crippen LogP contribution in [0.15, 0.2) is 29.0 Å². The predicted molar refractivity (Wildman–Crippen MR) is 92.5 cm³/mol. The third-order valence-corrected chi connectivity index (χ3v) is 4.51. The lowest BCUT2D eigenvalue weighted by Gasteiger charge is -2.20. The highest BCUT2D eigenvalue weighted by Gasteiger charge is 2.23. The Bertz CT molecular complexity index is 870. The van der Waals surface area contributed by atoms with Crippen molar-refractivity contribution in [2.24, 2.45) is 0 Å². The first-order valence-electron chi connectivity index (χ1n) is 8.86. The highest BCUT2D eigenvalue weighted by Crippen LogP contribution is 2.12. The van der Waals surface area contributed by atoms with E-state index in [2.05, 4.69) is 25.1 Å². The van der Waals surface area contributed by atoms with Crippen LogP contribution in [0.2, 0.25) is 0 Å². The molecule has 26 heavy (non-hydrogen) atoms. The average Bonchev–Trinajstić information content (AvgIpc) is 3.23. The predicted octanol–water partition coefficient (Wildman–Crippen LogP) is 1.02. The van der Waals surface area contributed by atoms with Gasteiger partial charge in [0, 0.05) is 51.1 Å². The quantitative estimate of drug-likeness (QED) is 0.690. The summed E-state index contributed by atoms with van der Waals surface area (Å²) in [7, 11) is 0. The number of aromatic nitrogens is 5. The van der Waals surface area contributed by atoms with Crippen molar-refractivity contribution >= 4 is 11.6 Å². The van der Waals surface area contributed by atoms with E-state index in [1.54, 1.807) is 29.0 Å². The number of aryl methyl sites for hydroxylation is 1. The van der Waals surface area contributed by atoms with Gasteiger partial charge in [-0.05, 0) is 12.5 Å². The number of nitrogens with zero attached hydrogens (tertiary/aromatic N) is 7. The van der Waals surface area contributed by atoms with Crippen molar-refractivity contribution in [1.82, 2.24) is 34.5 Å². The molecule has 0 unspecified atom stereocenters. The minimum atomic E-state index is -0.0508. The van der Waals surface area contributed by atoms with Gasteiger partial charge in [-0.1, -0.05) is 12.1 Å². The fraction of sp³-hybridized carbons (Fsp3) is 0.471. The van der Waals surface area contributed by atoms with E-state index in [9.17, 15) is 4.79 Å². The first kappa shape index (κ1) is 16.6. The van der Waals surface area contributed by atoms with Gasteiger partial charge in [0.25, 0.3) is 5.91 Å². The molecule has 4 heterocycles. The molecule has 4 rings (SSSR count). The Kier molecular flexibility index (Phi) is 4.61. The van der Waals surface area contributed by atoms with E-state index in [0.29, 0.717) is 42.7 Å². The lowest BCUT2D eigenvalue weighted by atomic mass is 10.3. The third kappa shape index (κ3) is 3.43. The maximum atomic E-state index is 12.8. The SMILES string of the molecule is CCc1nc(CN2CCCN(C(=O)c3cc4ncccn4n3)CC2)no1. The van der Waals surface area contributed by atoms with Crippen molar-refractivity contribution in [3.8, 4) is 0 Å². The lowest BCUT2D eigenvalue weighted by Crippen LogP contribution is -2.35. The molecule has 9 nitrogen and oxygen atoms in total. The Morgan fingerprint density at radius 2 is 2.19 bits per heavy atom. The molecule has 0 bridgehead atoms. The molecule has 1 saturated heterocycles. The van der Waals surface area contributed by atoms with Gasteiger partial charge in [-0.25, -0.2) is 9.50 Å². The van der Waals surface area contributed by atoms with E-state index in [1.165, 1.54) is 0 Å². The molecule has 0 aliphatic carbocycles. The molecule has 0 atom stereocenters. The molecule has 1 amide bonds. The number of amides is 1. The molecule has 9 heteroatoms. The fourth-order valence-electron chi connectivity index (χ4n) is 3.13. The summed E-state index contributed by atoms with van der Waals surface area (Å²) in [6.45, 7) is 5.66. The molecule has 0 saturated carbocycles. The van der Waals surface area contributed by atoms with Crippen molar-refractivity contribution in [3.63, 3.8) is 0 Å². The van der Waals surface area contributed by atoms with Crippen LogP contribution in [0.5, 0.6) is 0 Å². The standard InChI is InChI=1S/C17H21N7O2/c1-2-16-19-14(21-26-16)12-22-6-4-7-23(10-9-22)17(25)13-11-15-18-5-3-8-24(15)20-13/h3,5,8,11H,2,4,6-7,9-10,12H2,1H3. The van der Waals surface area contributed by atoms with Gasteiger partial charge in [0.2, 0.25) is 5.89 Å². The van der Waals surface area contributed by atoms with E-state index in [4.69, 9.17) is 4.52 Å². The number of hydrogen-bond donors (Lipinski definition) is 0. The Hall–Kier alpha value is -2.81. The van der Waals surface area contributed by atoms with E-state index in [-0.39, 0.29) is 5.91 Å². The summed E-state index contributed by atoms with van der Waals surface area (Å²) in [4.78, 5) is 25.5. The van der Waals surface area contributed by atoms with Crippen LogP contribution in [0.1, 0.15) is 35.5 Å². The number of rotatable bonds is 4. The first-order chi connectivity index (χ1) is 12.7. The maximum Gasteiger partial charge on any atom is 0.274 e. The summed E-state index contributed by atoms with van der Waals surface area (Å²) in [5.74, 6) is 1.31. The number of hydrogen-bond acceptors (Lipinski definition) is 7. The van der Waals surface area contributed by atoms with Crippen LogP contribution in [0, 0.1) is 0 Å². The van der Waals surface area contributed by atoms with E-state index >= 15 is 0 Å². The molecule has 0 aromatic carbocycles. The topological polar surface area (TPSA) is 92.7 Å². The monoisotopic (exact) mass is 355 g/mol. The Morgan fingerprint density at radius 1 is 1.27 bits per heavy atom. The Labute approximate surface area is 150 Å². The number of fused-ring (bicyclic) bond motifs is 1. The summed E-state index contributed by atoms with van der Waals surface area (Å²) in [6.07, 6.45) is 5.12. The van der Waals surface area contributed by atoms with Gasteiger partial charge < -0.3 is 9.42 Å². The minimum absolute atomic E-state index is 0.0508. The maximum absolute atomic E-state index is 12.8. The molecule has 3 aromatic rings.